The van der Waals surface area contributed by atoms with Crippen molar-refractivity contribution in [3.05, 3.63) is 62.6 Å². The molecule has 0 heterocycles. The molecule has 0 aliphatic rings. The molecule has 2 aromatic rings. The van der Waals surface area contributed by atoms with Crippen LogP contribution in [0.25, 0.3) is 0 Å². The number of benzene rings is 2. The van der Waals surface area contributed by atoms with Crippen LogP contribution in [0.3, 0.4) is 0 Å². The minimum Gasteiger partial charge on any atom is -0.493 e. The third kappa shape index (κ3) is 5.57. The summed E-state index contributed by atoms with van der Waals surface area (Å²) in [4.78, 5) is 21.9. The summed E-state index contributed by atoms with van der Waals surface area (Å²) in [5.41, 5.74) is 2.72. The average Bonchev–Trinajstić information content (AvgIpc) is 2.60. The van der Waals surface area contributed by atoms with Crippen molar-refractivity contribution in [2.24, 2.45) is 5.10 Å². The molecule has 2 rings (SSSR count). The Labute approximate surface area is 151 Å². The van der Waals surface area contributed by atoms with Crippen LogP contribution in [-0.2, 0) is 4.79 Å². The second kappa shape index (κ2) is 8.78. The molecule has 0 saturated carbocycles. The highest BCUT2D eigenvalue weighted by molar-refractivity contribution is 9.10. The Morgan fingerprint density at radius 1 is 1.32 bits per heavy atom. The van der Waals surface area contributed by atoms with Gasteiger partial charge in [0.25, 0.3) is 11.6 Å². The SMILES string of the molecule is COc1cc(Br)ccc1OCC(=O)NN=Cc1cccc([N+](=O)[O-])c1. The lowest BCUT2D eigenvalue weighted by atomic mass is 10.2. The van der Waals surface area contributed by atoms with Gasteiger partial charge in [-0.3, -0.25) is 14.9 Å². The Kier molecular flexibility index (Phi) is 6.47. The first-order valence-electron chi connectivity index (χ1n) is 7.02. The summed E-state index contributed by atoms with van der Waals surface area (Å²) in [6.45, 7) is -0.260. The normalized spacial score (nSPS) is 10.5. The zero-order valence-electron chi connectivity index (χ0n) is 13.1. The number of nitro groups is 1. The van der Waals surface area contributed by atoms with Gasteiger partial charge in [-0.2, -0.15) is 5.10 Å². The van der Waals surface area contributed by atoms with Crippen LogP contribution in [0.2, 0.25) is 0 Å². The molecule has 0 fully saturated rings. The van der Waals surface area contributed by atoms with Crippen molar-refractivity contribution in [1.82, 2.24) is 5.43 Å². The molecule has 130 valence electrons. The maximum atomic E-state index is 11.7. The molecular weight excluding hydrogens is 394 g/mol. The molecule has 9 heteroatoms. The molecule has 1 amide bonds. The van der Waals surface area contributed by atoms with Gasteiger partial charge in [0.15, 0.2) is 18.1 Å². The maximum Gasteiger partial charge on any atom is 0.277 e. The molecule has 25 heavy (non-hydrogen) atoms. The summed E-state index contributed by atoms with van der Waals surface area (Å²) in [5.74, 6) is 0.428. The molecular formula is C16H14BrN3O5. The number of amides is 1. The predicted octanol–water partition coefficient (Wildman–Crippen LogP) is 2.90. The van der Waals surface area contributed by atoms with E-state index < -0.39 is 10.8 Å². The molecule has 0 atom stereocenters. The number of carbonyl (C=O) groups excluding carboxylic acids is 1. The molecule has 0 bridgehead atoms. The van der Waals surface area contributed by atoms with Crippen molar-refractivity contribution in [2.75, 3.05) is 13.7 Å². The van der Waals surface area contributed by atoms with Crippen LogP contribution in [-0.4, -0.2) is 30.8 Å². The average molecular weight is 408 g/mol. The van der Waals surface area contributed by atoms with Gasteiger partial charge in [0.05, 0.1) is 18.2 Å². The molecule has 0 aromatic heterocycles. The van der Waals surface area contributed by atoms with Gasteiger partial charge in [0.2, 0.25) is 0 Å². The zero-order chi connectivity index (χ0) is 18.2. The van der Waals surface area contributed by atoms with Crippen LogP contribution in [0.5, 0.6) is 11.5 Å². The zero-order valence-corrected chi connectivity index (χ0v) is 14.7. The van der Waals surface area contributed by atoms with Gasteiger partial charge in [-0.25, -0.2) is 5.43 Å². The van der Waals surface area contributed by atoms with E-state index in [1.807, 2.05) is 0 Å². The highest BCUT2D eigenvalue weighted by Gasteiger charge is 2.08. The van der Waals surface area contributed by atoms with Crippen LogP contribution >= 0.6 is 15.9 Å². The summed E-state index contributed by atoms with van der Waals surface area (Å²) in [6, 6.07) is 11.0. The number of methoxy groups -OCH3 is 1. The van der Waals surface area contributed by atoms with Crippen molar-refractivity contribution in [3.63, 3.8) is 0 Å². The molecule has 1 N–H and O–H groups in total. The van der Waals surface area contributed by atoms with Gasteiger partial charge >= 0.3 is 0 Å². The fourth-order valence-corrected chi connectivity index (χ4v) is 2.17. The van der Waals surface area contributed by atoms with E-state index in [1.54, 1.807) is 24.3 Å². The van der Waals surface area contributed by atoms with Crippen molar-refractivity contribution in [3.8, 4) is 11.5 Å². The second-order valence-corrected chi connectivity index (χ2v) is 5.64. The van der Waals surface area contributed by atoms with E-state index >= 15 is 0 Å². The van der Waals surface area contributed by atoms with E-state index in [1.165, 1.54) is 31.5 Å². The smallest absolute Gasteiger partial charge is 0.277 e. The van der Waals surface area contributed by atoms with Crippen LogP contribution in [0.1, 0.15) is 5.56 Å². The van der Waals surface area contributed by atoms with Gasteiger partial charge in [0.1, 0.15) is 0 Å². The van der Waals surface area contributed by atoms with Crippen molar-refractivity contribution in [1.29, 1.82) is 0 Å². The number of ether oxygens (including phenoxy) is 2. The van der Waals surface area contributed by atoms with Gasteiger partial charge in [-0.15, -0.1) is 0 Å². The lowest BCUT2D eigenvalue weighted by molar-refractivity contribution is -0.384. The predicted molar refractivity (Wildman–Crippen MR) is 95.0 cm³/mol. The van der Waals surface area contributed by atoms with Crippen LogP contribution in [0, 0.1) is 10.1 Å². The van der Waals surface area contributed by atoms with Crippen molar-refractivity contribution < 1.29 is 19.2 Å². The highest BCUT2D eigenvalue weighted by Crippen LogP contribution is 2.29. The first-order valence-corrected chi connectivity index (χ1v) is 7.81. The largest absolute Gasteiger partial charge is 0.493 e. The molecule has 8 nitrogen and oxygen atoms in total. The molecule has 0 unspecified atom stereocenters. The fraction of sp³-hybridized carbons (Fsp3) is 0.125. The first-order chi connectivity index (χ1) is 12.0. The third-order valence-corrected chi connectivity index (χ3v) is 3.46. The number of nitrogens with one attached hydrogen (secondary N) is 1. The van der Waals surface area contributed by atoms with Crippen molar-refractivity contribution in [2.45, 2.75) is 0 Å². The number of halogens is 1. The van der Waals surface area contributed by atoms with Crippen LogP contribution < -0.4 is 14.9 Å². The first kappa shape index (κ1) is 18.4. The summed E-state index contributed by atoms with van der Waals surface area (Å²) >= 11 is 3.31. The maximum absolute atomic E-state index is 11.7. The molecule has 0 saturated heterocycles. The highest BCUT2D eigenvalue weighted by atomic mass is 79.9. The number of nitrogens with zero attached hydrogens (tertiary/aromatic N) is 2. The molecule has 2 aromatic carbocycles. The lowest BCUT2D eigenvalue weighted by Gasteiger charge is -2.10. The fourth-order valence-electron chi connectivity index (χ4n) is 1.83. The van der Waals surface area contributed by atoms with Gasteiger partial charge in [-0.05, 0) is 18.2 Å². The Hall–Kier alpha value is -2.94. The number of hydrogen-bond acceptors (Lipinski definition) is 6. The van der Waals surface area contributed by atoms with E-state index in [2.05, 4.69) is 26.5 Å². The topological polar surface area (TPSA) is 103 Å². The molecule has 0 radical (unpaired) electrons. The number of nitro benzene ring substituents is 1. The summed E-state index contributed by atoms with van der Waals surface area (Å²) < 4.78 is 11.4. The minimum atomic E-state index is -0.505. The standard InChI is InChI=1S/C16H14BrN3O5/c1-24-15-8-12(17)5-6-14(15)25-10-16(21)19-18-9-11-3-2-4-13(7-11)20(22)23/h2-9H,10H2,1H3,(H,19,21). The van der Waals surface area contributed by atoms with E-state index in [-0.39, 0.29) is 12.3 Å². The number of non-ortho nitro benzene ring substituents is 1. The van der Waals surface area contributed by atoms with Crippen LogP contribution in [0.15, 0.2) is 52.0 Å². The van der Waals surface area contributed by atoms with E-state index in [4.69, 9.17) is 9.47 Å². The van der Waals surface area contributed by atoms with Gasteiger partial charge in [-0.1, -0.05) is 28.1 Å². The van der Waals surface area contributed by atoms with E-state index in [9.17, 15) is 14.9 Å². The number of hydrazone groups is 1. The Morgan fingerprint density at radius 3 is 2.84 bits per heavy atom. The van der Waals surface area contributed by atoms with Crippen molar-refractivity contribution >= 4 is 33.7 Å². The molecule has 0 aliphatic heterocycles. The monoisotopic (exact) mass is 407 g/mol. The lowest BCUT2D eigenvalue weighted by Crippen LogP contribution is -2.24. The summed E-state index contributed by atoms with van der Waals surface area (Å²) in [6.07, 6.45) is 1.31. The quantitative estimate of drug-likeness (QED) is 0.431. The Bertz CT molecular complexity index is 810. The number of carbonyl (C=O) groups is 1. The van der Waals surface area contributed by atoms with Gasteiger partial charge in [0, 0.05) is 22.2 Å². The minimum absolute atomic E-state index is 0.0547. The van der Waals surface area contributed by atoms with Gasteiger partial charge < -0.3 is 9.47 Å². The van der Waals surface area contributed by atoms with Crippen LogP contribution in [0.4, 0.5) is 5.69 Å². The number of rotatable bonds is 7. The molecule has 0 aliphatic carbocycles. The van der Waals surface area contributed by atoms with E-state index in [0.717, 1.165) is 4.47 Å². The number of hydrogen-bond donors (Lipinski definition) is 1. The summed E-state index contributed by atoms with van der Waals surface area (Å²) in [7, 11) is 1.50. The Morgan fingerprint density at radius 2 is 2.12 bits per heavy atom. The third-order valence-electron chi connectivity index (χ3n) is 2.97. The summed E-state index contributed by atoms with van der Waals surface area (Å²) in [5, 5.41) is 14.4. The second-order valence-electron chi connectivity index (χ2n) is 4.73. The Balaban J connectivity index is 1.89. The molecule has 0 spiro atoms. The van der Waals surface area contributed by atoms with E-state index in [0.29, 0.717) is 17.1 Å².